The second kappa shape index (κ2) is 10.3. The Hall–Kier alpha value is -2.78. The zero-order valence-corrected chi connectivity index (χ0v) is 18.7. The topological polar surface area (TPSA) is 190 Å². The van der Waals surface area contributed by atoms with Crippen molar-refractivity contribution in [2.24, 2.45) is 5.73 Å². The zero-order chi connectivity index (χ0) is 23.1. The number of hydrogen-bond acceptors (Lipinski definition) is 10. The van der Waals surface area contributed by atoms with Gasteiger partial charge in [0.1, 0.15) is 22.9 Å². The van der Waals surface area contributed by atoms with Crippen LogP contribution in [-0.2, 0) is 24.3 Å². The van der Waals surface area contributed by atoms with Gasteiger partial charge in [0.15, 0.2) is 9.34 Å². The highest BCUT2D eigenvalue weighted by Gasteiger charge is 2.23. The summed E-state index contributed by atoms with van der Waals surface area (Å²) >= 11 is 1.28. The first kappa shape index (κ1) is 25.3. The lowest BCUT2D eigenvalue weighted by Crippen LogP contribution is -2.37. The number of alkyl carbamates (subject to hydrolysis) is 1. The lowest BCUT2D eigenvalue weighted by molar-refractivity contribution is -0.132. The van der Waals surface area contributed by atoms with Gasteiger partial charge in [-0.25, -0.2) is 23.0 Å². The SMILES string of the molecule is C=CS/C(NS(=O)(=O)c1cnc(NC(=O)CNC(=O)OC(C)(C)C)s1)=C(\N)C(=O)O. The van der Waals surface area contributed by atoms with Gasteiger partial charge in [-0.05, 0) is 26.2 Å². The maximum atomic E-state index is 12.4. The Balaban J connectivity index is 2.80. The van der Waals surface area contributed by atoms with Crippen LogP contribution in [0.1, 0.15) is 20.8 Å². The number of carbonyl (C=O) groups excluding carboxylic acids is 2. The average molecular weight is 480 g/mol. The Morgan fingerprint density at radius 3 is 2.57 bits per heavy atom. The van der Waals surface area contributed by atoms with Crippen LogP contribution in [0.5, 0.6) is 0 Å². The standard InChI is InChI=1S/C15H21N5O7S3/c1-5-28-11(10(16)12(22)23)20-30(25,26)9-7-17-13(29-9)19-8(21)6-18-14(24)27-15(2,3)4/h5,7,20H,1,6,16H2,2-4H3,(H,18,24)(H,22,23)(H,17,19,21)/b11-10-. The van der Waals surface area contributed by atoms with Crippen LogP contribution in [-0.4, -0.2) is 48.6 Å². The third kappa shape index (κ3) is 8.30. The van der Waals surface area contributed by atoms with Crippen LogP contribution in [0.3, 0.4) is 0 Å². The first-order valence-electron chi connectivity index (χ1n) is 8.01. The third-order valence-electron chi connectivity index (χ3n) is 2.69. The van der Waals surface area contributed by atoms with Gasteiger partial charge in [-0.1, -0.05) is 29.7 Å². The molecule has 1 heterocycles. The number of nitrogens with zero attached hydrogens (tertiary/aromatic N) is 1. The number of carboxylic acid groups (broad SMARTS) is 1. The fourth-order valence-electron chi connectivity index (χ4n) is 1.57. The molecule has 0 aliphatic rings. The minimum Gasteiger partial charge on any atom is -0.477 e. The molecule has 15 heteroatoms. The van der Waals surface area contributed by atoms with Crippen molar-refractivity contribution < 1.29 is 32.6 Å². The van der Waals surface area contributed by atoms with Crippen molar-refractivity contribution in [3.8, 4) is 0 Å². The predicted molar refractivity (Wildman–Crippen MR) is 112 cm³/mol. The lowest BCUT2D eigenvalue weighted by atomic mass is 10.2. The molecule has 30 heavy (non-hydrogen) atoms. The van der Waals surface area contributed by atoms with Crippen LogP contribution in [0.15, 0.2) is 33.1 Å². The van der Waals surface area contributed by atoms with Crippen molar-refractivity contribution in [2.75, 3.05) is 11.9 Å². The van der Waals surface area contributed by atoms with Crippen molar-refractivity contribution in [3.05, 3.63) is 28.9 Å². The first-order chi connectivity index (χ1) is 13.7. The molecular weight excluding hydrogens is 458 g/mol. The van der Waals surface area contributed by atoms with E-state index in [1.165, 1.54) is 5.41 Å². The maximum absolute atomic E-state index is 12.4. The number of aliphatic carboxylic acids is 1. The highest BCUT2D eigenvalue weighted by atomic mass is 32.2. The number of sulfonamides is 1. The van der Waals surface area contributed by atoms with Gasteiger partial charge in [-0.2, -0.15) is 0 Å². The van der Waals surface area contributed by atoms with E-state index in [1.807, 2.05) is 4.72 Å². The molecule has 0 aromatic carbocycles. The quantitative estimate of drug-likeness (QED) is 0.319. The van der Waals surface area contributed by atoms with Gasteiger partial charge in [0.05, 0.1) is 6.20 Å². The Labute approximate surface area is 181 Å². The van der Waals surface area contributed by atoms with Gasteiger partial charge in [0.2, 0.25) is 5.91 Å². The van der Waals surface area contributed by atoms with Gasteiger partial charge in [-0.3, -0.25) is 9.52 Å². The minimum absolute atomic E-state index is 0.0560. The Morgan fingerprint density at radius 2 is 2.03 bits per heavy atom. The summed E-state index contributed by atoms with van der Waals surface area (Å²) in [5.41, 5.74) is 3.93. The summed E-state index contributed by atoms with van der Waals surface area (Å²) in [6.45, 7) is 7.95. The van der Waals surface area contributed by atoms with Crippen LogP contribution in [0.4, 0.5) is 9.93 Å². The van der Waals surface area contributed by atoms with Crippen molar-refractivity contribution >= 4 is 56.2 Å². The molecule has 6 N–H and O–H groups in total. The van der Waals surface area contributed by atoms with E-state index in [9.17, 15) is 22.8 Å². The van der Waals surface area contributed by atoms with Gasteiger partial charge in [-0.15, -0.1) is 0 Å². The van der Waals surface area contributed by atoms with Crippen LogP contribution >= 0.6 is 23.1 Å². The number of thiazole rings is 1. The number of carboxylic acids is 1. The van der Waals surface area contributed by atoms with E-state index in [0.717, 1.165) is 6.20 Å². The summed E-state index contributed by atoms with van der Waals surface area (Å²) in [5.74, 6) is -2.18. The molecule has 166 valence electrons. The first-order valence-corrected chi connectivity index (χ1v) is 11.2. The molecule has 1 aromatic rings. The number of anilines is 1. The van der Waals surface area contributed by atoms with E-state index in [4.69, 9.17) is 15.6 Å². The molecule has 1 aromatic heterocycles. The molecule has 1 rings (SSSR count). The number of nitrogens with two attached hydrogens (primary N) is 1. The lowest BCUT2D eigenvalue weighted by Gasteiger charge is -2.19. The molecule has 0 aliphatic carbocycles. The molecule has 0 atom stereocenters. The Kier molecular flexibility index (Phi) is 8.68. The van der Waals surface area contributed by atoms with E-state index >= 15 is 0 Å². The second-order valence-corrected chi connectivity index (χ2v) is 10.2. The van der Waals surface area contributed by atoms with E-state index < -0.39 is 45.8 Å². The van der Waals surface area contributed by atoms with Crippen LogP contribution in [0.2, 0.25) is 0 Å². The summed E-state index contributed by atoms with van der Waals surface area (Å²) < 4.78 is 31.6. The number of nitrogens with one attached hydrogen (secondary N) is 3. The normalized spacial score (nSPS) is 12.4. The number of thioether (sulfide) groups is 1. The molecule has 0 unspecified atom stereocenters. The second-order valence-electron chi connectivity index (χ2n) is 6.33. The van der Waals surface area contributed by atoms with Crippen molar-refractivity contribution in [1.82, 2.24) is 15.0 Å². The predicted octanol–water partition coefficient (Wildman–Crippen LogP) is 0.974. The number of ether oxygens (including phenoxy) is 1. The molecule has 0 spiro atoms. The van der Waals surface area contributed by atoms with Gasteiger partial charge < -0.3 is 26.2 Å². The zero-order valence-electron chi connectivity index (χ0n) is 16.2. The smallest absolute Gasteiger partial charge is 0.408 e. The largest absolute Gasteiger partial charge is 0.477 e. The van der Waals surface area contributed by atoms with Crippen LogP contribution < -0.4 is 21.1 Å². The number of aromatic nitrogens is 1. The summed E-state index contributed by atoms with van der Waals surface area (Å²) in [4.78, 5) is 38.2. The average Bonchev–Trinajstić information content (AvgIpc) is 3.06. The number of rotatable bonds is 9. The molecule has 2 amide bonds. The summed E-state index contributed by atoms with van der Waals surface area (Å²) in [6, 6.07) is 0. The molecule has 0 fully saturated rings. The number of hydrogen-bond donors (Lipinski definition) is 5. The third-order valence-corrected chi connectivity index (χ3v) is 6.27. The molecule has 0 saturated carbocycles. The maximum Gasteiger partial charge on any atom is 0.408 e. The van der Waals surface area contributed by atoms with Gasteiger partial charge in [0.25, 0.3) is 10.0 Å². The molecule has 0 bridgehead atoms. The van der Waals surface area contributed by atoms with Crippen LogP contribution in [0.25, 0.3) is 0 Å². The van der Waals surface area contributed by atoms with E-state index in [0.29, 0.717) is 23.1 Å². The molecular formula is C15H21N5O7S3. The number of carbonyl (C=O) groups is 3. The summed E-state index contributed by atoms with van der Waals surface area (Å²) in [7, 11) is -4.23. The fraction of sp³-hybridized carbons (Fsp3) is 0.333. The Bertz CT molecular complexity index is 964. The minimum atomic E-state index is -4.23. The Morgan fingerprint density at radius 1 is 1.40 bits per heavy atom. The molecule has 0 radical (unpaired) electrons. The van der Waals surface area contributed by atoms with Gasteiger partial charge >= 0.3 is 12.1 Å². The fourth-order valence-corrected chi connectivity index (χ4v) is 4.48. The highest BCUT2D eigenvalue weighted by Crippen LogP contribution is 2.25. The molecule has 0 aliphatic heterocycles. The monoisotopic (exact) mass is 479 g/mol. The van der Waals surface area contributed by atoms with Crippen molar-refractivity contribution in [2.45, 2.75) is 30.6 Å². The van der Waals surface area contributed by atoms with Crippen LogP contribution in [0, 0.1) is 0 Å². The van der Waals surface area contributed by atoms with Gasteiger partial charge in [0, 0.05) is 0 Å². The number of amides is 2. The highest BCUT2D eigenvalue weighted by molar-refractivity contribution is 8.06. The molecule has 12 nitrogen and oxygen atoms in total. The van der Waals surface area contributed by atoms with E-state index in [-0.39, 0.29) is 14.4 Å². The van der Waals surface area contributed by atoms with E-state index in [2.05, 4.69) is 22.2 Å². The van der Waals surface area contributed by atoms with Crippen molar-refractivity contribution in [1.29, 1.82) is 0 Å². The molecule has 0 saturated heterocycles. The summed E-state index contributed by atoms with van der Waals surface area (Å²) in [5, 5.41) is 14.3. The van der Waals surface area contributed by atoms with Crippen molar-refractivity contribution in [3.63, 3.8) is 0 Å². The van der Waals surface area contributed by atoms with E-state index in [1.54, 1.807) is 20.8 Å². The summed E-state index contributed by atoms with van der Waals surface area (Å²) in [6.07, 6.45) is 0.177.